The lowest BCUT2D eigenvalue weighted by atomic mass is 10.1. The molecule has 1 aliphatic rings. The predicted octanol–water partition coefficient (Wildman–Crippen LogP) is 3.45. The lowest BCUT2D eigenvalue weighted by Crippen LogP contribution is -2.48. The normalized spacial score (nSPS) is 14.2. The zero-order chi connectivity index (χ0) is 19.7. The van der Waals surface area contributed by atoms with Crippen LogP contribution in [0.4, 0.5) is 5.13 Å². The van der Waals surface area contributed by atoms with Crippen LogP contribution < -0.4 is 9.64 Å². The molecule has 0 unspecified atom stereocenters. The molecule has 0 saturated carbocycles. The van der Waals surface area contributed by atoms with Crippen molar-refractivity contribution in [1.29, 1.82) is 5.26 Å². The van der Waals surface area contributed by atoms with Gasteiger partial charge in [0.05, 0.1) is 23.4 Å². The monoisotopic (exact) mass is 392 g/mol. The average Bonchev–Trinajstić information content (AvgIpc) is 3.20. The average molecular weight is 392 g/mol. The van der Waals surface area contributed by atoms with E-state index in [1.54, 1.807) is 42.7 Å². The van der Waals surface area contributed by atoms with Crippen LogP contribution in [-0.4, -0.2) is 49.1 Å². The molecule has 2 aromatic carbocycles. The number of carbonyl (C=O) groups is 1. The van der Waals surface area contributed by atoms with Gasteiger partial charge in [0.15, 0.2) is 5.13 Å². The van der Waals surface area contributed by atoms with E-state index in [1.165, 1.54) is 5.56 Å². The molecule has 0 atom stereocenters. The second-order valence-electron chi connectivity index (χ2n) is 6.73. The molecule has 1 amide bonds. The van der Waals surface area contributed by atoms with Gasteiger partial charge in [0.25, 0.3) is 5.91 Å². The number of anilines is 1. The Kier molecular flexibility index (Phi) is 4.88. The van der Waals surface area contributed by atoms with Crippen LogP contribution in [0.2, 0.25) is 0 Å². The van der Waals surface area contributed by atoms with E-state index in [0.717, 1.165) is 34.2 Å². The number of nitriles is 1. The number of hydrogen-bond acceptors (Lipinski definition) is 6. The smallest absolute Gasteiger partial charge is 0.253 e. The van der Waals surface area contributed by atoms with Crippen LogP contribution in [0, 0.1) is 18.3 Å². The predicted molar refractivity (Wildman–Crippen MR) is 110 cm³/mol. The van der Waals surface area contributed by atoms with Crippen molar-refractivity contribution >= 4 is 32.6 Å². The molecule has 6 nitrogen and oxygen atoms in total. The summed E-state index contributed by atoms with van der Waals surface area (Å²) in [5, 5.41) is 9.86. The van der Waals surface area contributed by atoms with Crippen molar-refractivity contribution in [2.75, 3.05) is 38.2 Å². The number of aryl methyl sites for hydroxylation is 1. The van der Waals surface area contributed by atoms with Crippen molar-refractivity contribution in [3.05, 3.63) is 53.1 Å². The summed E-state index contributed by atoms with van der Waals surface area (Å²) in [5.74, 6) is 0.795. The fraction of sp³-hybridized carbons (Fsp3) is 0.286. The van der Waals surface area contributed by atoms with Crippen LogP contribution in [0.5, 0.6) is 5.75 Å². The molecule has 0 aliphatic carbocycles. The standard InChI is InChI=1S/C21H20N4O2S/c1-14-3-8-17(27-2)18-19(14)28-21(23-18)25-11-9-24(10-12-25)20(26)16-6-4-15(13-22)5-7-16/h3-8H,9-12H2,1-2H3. The maximum atomic E-state index is 12.7. The highest BCUT2D eigenvalue weighted by Gasteiger charge is 2.24. The van der Waals surface area contributed by atoms with Gasteiger partial charge in [-0.3, -0.25) is 4.79 Å². The molecular weight excluding hydrogens is 372 g/mol. The summed E-state index contributed by atoms with van der Waals surface area (Å²) >= 11 is 1.67. The molecule has 0 radical (unpaired) electrons. The van der Waals surface area contributed by atoms with Crippen molar-refractivity contribution in [1.82, 2.24) is 9.88 Å². The molecule has 1 aromatic heterocycles. The van der Waals surface area contributed by atoms with Crippen molar-refractivity contribution < 1.29 is 9.53 Å². The Morgan fingerprint density at radius 3 is 2.50 bits per heavy atom. The Hall–Kier alpha value is -3.11. The first-order valence-electron chi connectivity index (χ1n) is 9.09. The molecule has 142 valence electrons. The first-order valence-corrected chi connectivity index (χ1v) is 9.91. The van der Waals surface area contributed by atoms with Gasteiger partial charge in [-0.05, 0) is 42.8 Å². The fourth-order valence-corrected chi connectivity index (χ4v) is 4.47. The first-order chi connectivity index (χ1) is 13.6. The van der Waals surface area contributed by atoms with Gasteiger partial charge < -0.3 is 14.5 Å². The highest BCUT2D eigenvalue weighted by atomic mass is 32.1. The minimum atomic E-state index is 0.00551. The summed E-state index contributed by atoms with van der Waals surface area (Å²) in [7, 11) is 1.66. The number of aromatic nitrogens is 1. The molecule has 1 aliphatic heterocycles. The summed E-state index contributed by atoms with van der Waals surface area (Å²) in [6.45, 7) is 4.85. The zero-order valence-corrected chi connectivity index (χ0v) is 16.6. The molecule has 0 spiro atoms. The molecular formula is C21H20N4O2S. The van der Waals surface area contributed by atoms with Crippen LogP contribution >= 0.6 is 11.3 Å². The number of hydrogen-bond donors (Lipinski definition) is 0. The van der Waals surface area contributed by atoms with Gasteiger partial charge in [-0.2, -0.15) is 5.26 Å². The quantitative estimate of drug-likeness (QED) is 0.683. The van der Waals surface area contributed by atoms with Gasteiger partial charge in [0.1, 0.15) is 11.3 Å². The number of rotatable bonds is 3. The Balaban J connectivity index is 1.48. The zero-order valence-electron chi connectivity index (χ0n) is 15.8. The molecule has 4 rings (SSSR count). The number of methoxy groups -OCH3 is 1. The van der Waals surface area contributed by atoms with Crippen LogP contribution in [0.3, 0.4) is 0 Å². The largest absolute Gasteiger partial charge is 0.494 e. The number of fused-ring (bicyclic) bond motifs is 1. The van der Waals surface area contributed by atoms with E-state index < -0.39 is 0 Å². The summed E-state index contributed by atoms with van der Waals surface area (Å²) in [5.41, 5.74) is 3.27. The number of ether oxygens (including phenoxy) is 1. The summed E-state index contributed by atoms with van der Waals surface area (Å²) in [6.07, 6.45) is 0. The van der Waals surface area contributed by atoms with Crippen molar-refractivity contribution in [2.45, 2.75) is 6.92 Å². The second-order valence-corrected chi connectivity index (χ2v) is 7.70. The van der Waals surface area contributed by atoms with Gasteiger partial charge in [-0.15, -0.1) is 0 Å². The lowest BCUT2D eigenvalue weighted by Gasteiger charge is -2.34. The molecule has 3 aromatic rings. The van der Waals surface area contributed by atoms with E-state index in [9.17, 15) is 4.79 Å². The highest BCUT2D eigenvalue weighted by Crippen LogP contribution is 2.36. The van der Waals surface area contributed by atoms with Gasteiger partial charge in [0, 0.05) is 31.7 Å². The Morgan fingerprint density at radius 2 is 1.86 bits per heavy atom. The maximum Gasteiger partial charge on any atom is 0.253 e. The first kappa shape index (κ1) is 18.3. The third kappa shape index (κ3) is 3.27. The minimum Gasteiger partial charge on any atom is -0.494 e. The second kappa shape index (κ2) is 7.49. The van der Waals surface area contributed by atoms with E-state index in [1.807, 2.05) is 11.0 Å². The molecule has 28 heavy (non-hydrogen) atoms. The molecule has 0 bridgehead atoms. The highest BCUT2D eigenvalue weighted by molar-refractivity contribution is 7.22. The van der Waals surface area contributed by atoms with E-state index in [-0.39, 0.29) is 5.91 Å². The number of piperazine rings is 1. The van der Waals surface area contributed by atoms with Crippen molar-refractivity contribution in [3.63, 3.8) is 0 Å². The third-order valence-electron chi connectivity index (χ3n) is 5.01. The Morgan fingerprint density at radius 1 is 1.14 bits per heavy atom. The van der Waals surface area contributed by atoms with Crippen molar-refractivity contribution in [2.24, 2.45) is 0 Å². The fourth-order valence-electron chi connectivity index (χ4n) is 3.37. The minimum absolute atomic E-state index is 0.00551. The van der Waals surface area contributed by atoms with Crippen LogP contribution in [0.25, 0.3) is 10.2 Å². The van der Waals surface area contributed by atoms with Crippen molar-refractivity contribution in [3.8, 4) is 11.8 Å². The van der Waals surface area contributed by atoms with E-state index in [0.29, 0.717) is 24.2 Å². The van der Waals surface area contributed by atoms with E-state index >= 15 is 0 Å². The van der Waals surface area contributed by atoms with Crippen LogP contribution in [0.15, 0.2) is 36.4 Å². The van der Waals surface area contributed by atoms with E-state index in [4.69, 9.17) is 15.0 Å². The maximum absolute atomic E-state index is 12.7. The molecule has 2 heterocycles. The number of amides is 1. The third-order valence-corrected chi connectivity index (χ3v) is 6.26. The number of carbonyl (C=O) groups excluding carboxylic acids is 1. The Labute approximate surface area is 167 Å². The Bertz CT molecular complexity index is 1060. The van der Waals surface area contributed by atoms with E-state index in [2.05, 4.69) is 24.0 Å². The number of benzene rings is 2. The SMILES string of the molecule is COc1ccc(C)c2sc(N3CCN(C(=O)c4ccc(C#N)cc4)CC3)nc12. The molecule has 1 saturated heterocycles. The molecule has 1 fully saturated rings. The number of thiazole rings is 1. The topological polar surface area (TPSA) is 69.5 Å². The van der Waals surface area contributed by atoms with Crippen LogP contribution in [-0.2, 0) is 0 Å². The van der Waals surface area contributed by atoms with Crippen LogP contribution in [0.1, 0.15) is 21.5 Å². The van der Waals surface area contributed by atoms with Gasteiger partial charge in [0.2, 0.25) is 0 Å². The van der Waals surface area contributed by atoms with Gasteiger partial charge in [-0.1, -0.05) is 17.4 Å². The number of nitrogens with zero attached hydrogens (tertiary/aromatic N) is 4. The summed E-state index contributed by atoms with van der Waals surface area (Å²) < 4.78 is 6.59. The molecule has 7 heteroatoms. The lowest BCUT2D eigenvalue weighted by molar-refractivity contribution is 0.0747. The summed E-state index contributed by atoms with van der Waals surface area (Å²) in [4.78, 5) is 21.6. The van der Waals surface area contributed by atoms with Gasteiger partial charge >= 0.3 is 0 Å². The van der Waals surface area contributed by atoms with Gasteiger partial charge in [-0.25, -0.2) is 4.98 Å². The summed E-state index contributed by atoms with van der Waals surface area (Å²) in [6, 6.07) is 12.9. The molecule has 0 N–H and O–H groups in total.